The summed E-state index contributed by atoms with van der Waals surface area (Å²) in [4.78, 5) is 15.7. The Bertz CT molecular complexity index is 1230. The van der Waals surface area contributed by atoms with Crippen LogP contribution in [0.25, 0.3) is 11.3 Å². The number of carbonyl (C=O) groups excluding carboxylic acids is 1. The number of hydrogen-bond acceptors (Lipinski definition) is 5. The lowest BCUT2D eigenvalue weighted by Gasteiger charge is -2.26. The first-order valence-electron chi connectivity index (χ1n) is 12.1. The molecule has 5 rings (SSSR count). The number of anilines is 2. The lowest BCUT2D eigenvalue weighted by molar-refractivity contribution is -0.110. The molecular formula is C29H31N3O3. The van der Waals surface area contributed by atoms with E-state index in [2.05, 4.69) is 39.8 Å². The molecule has 2 N–H and O–H groups in total. The average Bonchev–Trinajstić information content (AvgIpc) is 3.22. The van der Waals surface area contributed by atoms with Crippen LogP contribution < -0.4 is 20.1 Å². The number of carbonyl (C=O) groups is 1. The standard InChI is InChI=1S/C29H31N3O3/c1-34-25-17-23-24(18-26(25)35-2)31-29(33)27(23)28(21-9-5-3-6-10-21)30-22-13-11-20(12-14-22)19-32-15-7-4-8-16-32/h3,5-6,9-14,17-18,30H,4,7-8,15-16,19H2,1-2H3,(H,31,33)/b28-27+. The number of ether oxygens (including phenoxy) is 2. The predicted molar refractivity (Wildman–Crippen MR) is 141 cm³/mol. The van der Waals surface area contributed by atoms with E-state index in [-0.39, 0.29) is 5.91 Å². The third-order valence-corrected chi connectivity index (χ3v) is 6.66. The summed E-state index contributed by atoms with van der Waals surface area (Å²) in [6.07, 6.45) is 3.91. The summed E-state index contributed by atoms with van der Waals surface area (Å²) in [5.74, 6) is 0.990. The van der Waals surface area contributed by atoms with Crippen LogP contribution in [0.3, 0.4) is 0 Å². The molecule has 0 aliphatic carbocycles. The summed E-state index contributed by atoms with van der Waals surface area (Å²) in [6, 6.07) is 22.1. The maximum atomic E-state index is 13.2. The normalized spacial score (nSPS) is 16.9. The van der Waals surface area contributed by atoms with Crippen LogP contribution in [-0.2, 0) is 11.3 Å². The minimum atomic E-state index is -0.164. The number of nitrogens with one attached hydrogen (secondary N) is 2. The molecule has 35 heavy (non-hydrogen) atoms. The summed E-state index contributed by atoms with van der Waals surface area (Å²) in [5, 5.41) is 6.52. The van der Waals surface area contributed by atoms with Gasteiger partial charge in [0.05, 0.1) is 31.2 Å². The highest BCUT2D eigenvalue weighted by molar-refractivity contribution is 6.37. The minimum Gasteiger partial charge on any atom is -0.493 e. The summed E-state index contributed by atoms with van der Waals surface area (Å²) in [7, 11) is 3.18. The van der Waals surface area contributed by atoms with E-state index in [0.29, 0.717) is 22.8 Å². The van der Waals surface area contributed by atoms with Crippen molar-refractivity contribution in [2.45, 2.75) is 25.8 Å². The Hall–Kier alpha value is -3.77. The number of methoxy groups -OCH3 is 2. The van der Waals surface area contributed by atoms with E-state index in [1.54, 1.807) is 20.3 Å². The molecule has 6 heteroatoms. The van der Waals surface area contributed by atoms with Gasteiger partial charge in [0.1, 0.15) is 0 Å². The molecular weight excluding hydrogens is 438 g/mol. The highest BCUT2D eigenvalue weighted by Crippen LogP contribution is 2.43. The second-order valence-electron chi connectivity index (χ2n) is 8.98. The van der Waals surface area contributed by atoms with Crippen LogP contribution in [0.2, 0.25) is 0 Å². The first-order valence-corrected chi connectivity index (χ1v) is 12.1. The SMILES string of the molecule is COc1cc2c(cc1OC)/C(=C(\Nc1ccc(CN3CCCCC3)cc1)c1ccccc1)C(=O)N2. The van der Waals surface area contributed by atoms with Gasteiger partial charge in [-0.15, -0.1) is 0 Å². The number of fused-ring (bicyclic) bond motifs is 1. The average molecular weight is 470 g/mol. The number of likely N-dealkylation sites (tertiary alicyclic amines) is 1. The Balaban J connectivity index is 1.51. The van der Waals surface area contributed by atoms with E-state index in [0.717, 1.165) is 29.1 Å². The van der Waals surface area contributed by atoms with Crippen molar-refractivity contribution in [3.63, 3.8) is 0 Å². The topological polar surface area (TPSA) is 62.8 Å². The van der Waals surface area contributed by atoms with Gasteiger partial charge in [-0.05, 0) is 55.3 Å². The summed E-state index contributed by atoms with van der Waals surface area (Å²) in [5.41, 5.74) is 5.96. The Labute approximate surface area is 206 Å². The van der Waals surface area contributed by atoms with Crippen LogP contribution in [0.15, 0.2) is 66.7 Å². The fourth-order valence-electron chi connectivity index (χ4n) is 4.84. The van der Waals surface area contributed by atoms with Crippen molar-refractivity contribution in [3.05, 3.63) is 83.4 Å². The molecule has 0 aromatic heterocycles. The van der Waals surface area contributed by atoms with Gasteiger partial charge in [-0.1, -0.05) is 48.9 Å². The number of amides is 1. The molecule has 180 valence electrons. The number of piperidine rings is 1. The molecule has 0 radical (unpaired) electrons. The lowest BCUT2D eigenvalue weighted by atomic mass is 9.99. The van der Waals surface area contributed by atoms with Gasteiger partial charge in [-0.2, -0.15) is 0 Å². The fourth-order valence-corrected chi connectivity index (χ4v) is 4.84. The molecule has 3 aromatic carbocycles. The van der Waals surface area contributed by atoms with Crippen molar-refractivity contribution in [2.75, 3.05) is 37.9 Å². The van der Waals surface area contributed by atoms with E-state index in [1.807, 2.05) is 36.4 Å². The second-order valence-corrected chi connectivity index (χ2v) is 8.98. The van der Waals surface area contributed by atoms with Gasteiger partial charge in [-0.3, -0.25) is 9.69 Å². The van der Waals surface area contributed by atoms with E-state index in [1.165, 1.54) is 37.9 Å². The molecule has 2 aliphatic heterocycles. The van der Waals surface area contributed by atoms with E-state index in [9.17, 15) is 4.79 Å². The first kappa shape index (κ1) is 23.0. The van der Waals surface area contributed by atoms with Crippen LogP contribution in [0.4, 0.5) is 11.4 Å². The molecule has 2 heterocycles. The first-order chi connectivity index (χ1) is 17.2. The maximum absolute atomic E-state index is 13.2. The fraction of sp³-hybridized carbons (Fsp3) is 0.276. The zero-order valence-corrected chi connectivity index (χ0v) is 20.3. The van der Waals surface area contributed by atoms with Crippen molar-refractivity contribution in [1.29, 1.82) is 0 Å². The number of rotatable bonds is 7. The largest absolute Gasteiger partial charge is 0.493 e. The van der Waals surface area contributed by atoms with Crippen molar-refractivity contribution in [3.8, 4) is 11.5 Å². The van der Waals surface area contributed by atoms with Crippen LogP contribution in [0.5, 0.6) is 11.5 Å². The van der Waals surface area contributed by atoms with E-state index in [4.69, 9.17) is 9.47 Å². The molecule has 2 aliphatic rings. The van der Waals surface area contributed by atoms with Crippen LogP contribution >= 0.6 is 0 Å². The highest BCUT2D eigenvalue weighted by atomic mass is 16.5. The monoisotopic (exact) mass is 469 g/mol. The van der Waals surface area contributed by atoms with Gasteiger partial charge in [0.2, 0.25) is 0 Å². The Kier molecular flexibility index (Phi) is 6.73. The smallest absolute Gasteiger partial charge is 0.258 e. The maximum Gasteiger partial charge on any atom is 0.258 e. The lowest BCUT2D eigenvalue weighted by Crippen LogP contribution is -2.29. The highest BCUT2D eigenvalue weighted by Gasteiger charge is 2.30. The van der Waals surface area contributed by atoms with Crippen LogP contribution in [0, 0.1) is 0 Å². The van der Waals surface area contributed by atoms with Crippen molar-refractivity contribution >= 4 is 28.6 Å². The minimum absolute atomic E-state index is 0.164. The van der Waals surface area contributed by atoms with Gasteiger partial charge in [0.15, 0.2) is 11.5 Å². The molecule has 0 unspecified atom stereocenters. The second kappa shape index (κ2) is 10.2. The Morgan fingerprint density at radius 2 is 1.60 bits per heavy atom. The molecule has 1 amide bonds. The zero-order valence-electron chi connectivity index (χ0n) is 20.3. The van der Waals surface area contributed by atoms with Gasteiger partial charge < -0.3 is 20.1 Å². The Morgan fingerprint density at radius 1 is 0.914 bits per heavy atom. The third-order valence-electron chi connectivity index (χ3n) is 6.66. The van der Waals surface area contributed by atoms with E-state index < -0.39 is 0 Å². The summed E-state index contributed by atoms with van der Waals surface area (Å²) >= 11 is 0. The third kappa shape index (κ3) is 4.88. The zero-order chi connectivity index (χ0) is 24.2. The van der Waals surface area contributed by atoms with Crippen LogP contribution in [-0.4, -0.2) is 38.1 Å². The predicted octanol–water partition coefficient (Wildman–Crippen LogP) is 5.62. The number of benzene rings is 3. The van der Waals surface area contributed by atoms with Crippen LogP contribution in [0.1, 0.15) is 36.0 Å². The van der Waals surface area contributed by atoms with Crippen molar-refractivity contribution in [1.82, 2.24) is 4.90 Å². The molecule has 6 nitrogen and oxygen atoms in total. The molecule has 1 saturated heterocycles. The van der Waals surface area contributed by atoms with Gasteiger partial charge in [0, 0.05) is 23.9 Å². The molecule has 0 saturated carbocycles. The van der Waals surface area contributed by atoms with Crippen molar-refractivity contribution < 1.29 is 14.3 Å². The van der Waals surface area contributed by atoms with Gasteiger partial charge in [0.25, 0.3) is 5.91 Å². The number of nitrogens with zero attached hydrogens (tertiary/aromatic N) is 1. The molecule has 0 atom stereocenters. The summed E-state index contributed by atoms with van der Waals surface area (Å²) < 4.78 is 10.9. The van der Waals surface area contributed by atoms with Gasteiger partial charge >= 0.3 is 0 Å². The van der Waals surface area contributed by atoms with Crippen molar-refractivity contribution in [2.24, 2.45) is 0 Å². The molecule has 0 spiro atoms. The summed E-state index contributed by atoms with van der Waals surface area (Å²) in [6.45, 7) is 3.32. The molecule has 1 fully saturated rings. The molecule has 0 bridgehead atoms. The quantitative estimate of drug-likeness (QED) is 0.440. The molecule has 3 aromatic rings. The van der Waals surface area contributed by atoms with E-state index >= 15 is 0 Å². The Morgan fingerprint density at radius 3 is 2.29 bits per heavy atom. The number of hydrogen-bond donors (Lipinski definition) is 2. The van der Waals surface area contributed by atoms with Gasteiger partial charge in [-0.25, -0.2) is 0 Å².